The summed E-state index contributed by atoms with van der Waals surface area (Å²) in [5, 5.41) is 4.92. The van der Waals surface area contributed by atoms with Crippen LogP contribution in [0, 0.1) is 0 Å². The maximum absolute atomic E-state index is 12.7. The van der Waals surface area contributed by atoms with Gasteiger partial charge in [0.15, 0.2) is 0 Å². The lowest BCUT2D eigenvalue weighted by atomic mass is 10.1. The first-order chi connectivity index (χ1) is 11.7. The van der Waals surface area contributed by atoms with Crippen LogP contribution in [-0.2, 0) is 11.2 Å². The molecular formula is C19H22N2O2S. The lowest BCUT2D eigenvalue weighted by Crippen LogP contribution is -2.36. The molecule has 0 spiro atoms. The van der Waals surface area contributed by atoms with E-state index in [1.807, 2.05) is 34.5 Å². The van der Waals surface area contributed by atoms with Crippen molar-refractivity contribution < 1.29 is 9.59 Å². The van der Waals surface area contributed by atoms with Crippen LogP contribution < -0.4 is 5.32 Å². The number of nitrogens with one attached hydrogen (secondary N) is 1. The molecule has 3 rings (SSSR count). The lowest BCUT2D eigenvalue weighted by molar-refractivity contribution is -0.116. The summed E-state index contributed by atoms with van der Waals surface area (Å²) in [5.74, 6) is -0.0360. The second-order valence-corrected chi connectivity index (χ2v) is 7.06. The molecule has 4 nitrogen and oxygen atoms in total. The molecule has 2 aromatic rings. The van der Waals surface area contributed by atoms with Crippen LogP contribution in [0.25, 0.3) is 0 Å². The summed E-state index contributed by atoms with van der Waals surface area (Å²) in [6.45, 7) is 1.61. The van der Waals surface area contributed by atoms with Crippen molar-refractivity contribution in [3.8, 4) is 0 Å². The van der Waals surface area contributed by atoms with Gasteiger partial charge in [0, 0.05) is 24.4 Å². The molecule has 1 aromatic heterocycles. The molecule has 0 radical (unpaired) electrons. The molecule has 2 amide bonds. The molecule has 1 fully saturated rings. The number of likely N-dealkylation sites (tertiary alicyclic amines) is 1. The van der Waals surface area contributed by atoms with E-state index in [0.29, 0.717) is 17.7 Å². The van der Waals surface area contributed by atoms with Crippen LogP contribution in [-0.4, -0.2) is 29.8 Å². The number of aryl methyl sites for hydroxylation is 1. The summed E-state index contributed by atoms with van der Waals surface area (Å²) in [7, 11) is 0. The summed E-state index contributed by atoms with van der Waals surface area (Å²) in [6, 6.07) is 11.3. The maximum atomic E-state index is 12.7. The Hall–Kier alpha value is -2.14. The number of amides is 2. The third-order valence-corrected chi connectivity index (χ3v) is 5.19. The Morgan fingerprint density at radius 2 is 1.83 bits per heavy atom. The molecule has 1 saturated heterocycles. The number of anilines is 1. The molecule has 126 valence electrons. The van der Waals surface area contributed by atoms with Gasteiger partial charge in [0.25, 0.3) is 5.91 Å². The first-order valence-electron chi connectivity index (χ1n) is 8.44. The molecule has 0 atom stereocenters. The van der Waals surface area contributed by atoms with Gasteiger partial charge in [-0.2, -0.15) is 0 Å². The third-order valence-electron chi connectivity index (χ3n) is 4.25. The first kappa shape index (κ1) is 16.7. The van der Waals surface area contributed by atoms with Gasteiger partial charge in [0.2, 0.25) is 5.91 Å². The quantitative estimate of drug-likeness (QED) is 0.894. The Labute approximate surface area is 146 Å². The number of hydrogen-bond donors (Lipinski definition) is 1. The summed E-state index contributed by atoms with van der Waals surface area (Å²) in [6.07, 6.45) is 4.45. The van der Waals surface area contributed by atoms with Gasteiger partial charge in [-0.1, -0.05) is 18.2 Å². The van der Waals surface area contributed by atoms with E-state index in [-0.39, 0.29) is 11.8 Å². The maximum Gasteiger partial charge on any atom is 0.255 e. The Morgan fingerprint density at radius 3 is 2.58 bits per heavy atom. The number of benzene rings is 1. The minimum atomic E-state index is -0.0534. The smallest absolute Gasteiger partial charge is 0.255 e. The minimum Gasteiger partial charge on any atom is -0.339 e. The van der Waals surface area contributed by atoms with Gasteiger partial charge < -0.3 is 10.2 Å². The van der Waals surface area contributed by atoms with Gasteiger partial charge in [0.05, 0.1) is 11.3 Å². The molecule has 0 aliphatic carbocycles. The van der Waals surface area contributed by atoms with Gasteiger partial charge in [-0.25, -0.2) is 0 Å². The monoisotopic (exact) mass is 342 g/mol. The molecule has 5 heteroatoms. The molecule has 1 N–H and O–H groups in total. The van der Waals surface area contributed by atoms with Crippen LogP contribution in [0.15, 0.2) is 41.8 Å². The predicted molar refractivity (Wildman–Crippen MR) is 97.5 cm³/mol. The normalized spacial score (nSPS) is 14.4. The average molecular weight is 342 g/mol. The molecule has 0 bridgehead atoms. The fourth-order valence-electron chi connectivity index (χ4n) is 2.95. The van der Waals surface area contributed by atoms with Crippen LogP contribution in [0.4, 0.5) is 5.69 Å². The molecule has 0 unspecified atom stereocenters. The summed E-state index contributed by atoms with van der Waals surface area (Å²) >= 11 is 1.66. The Bertz CT molecular complexity index is 691. The van der Waals surface area contributed by atoms with Crippen molar-refractivity contribution in [1.82, 2.24) is 4.90 Å². The highest BCUT2D eigenvalue weighted by Crippen LogP contribution is 2.20. The Kier molecular flexibility index (Phi) is 5.64. The SMILES string of the molecule is O=C(CCc1cccs1)Nc1ccccc1C(=O)N1CCCCC1. The van der Waals surface area contributed by atoms with Crippen molar-refractivity contribution in [2.45, 2.75) is 32.1 Å². The van der Waals surface area contributed by atoms with E-state index in [1.54, 1.807) is 23.5 Å². The van der Waals surface area contributed by atoms with Crippen LogP contribution >= 0.6 is 11.3 Å². The topological polar surface area (TPSA) is 49.4 Å². The molecular weight excluding hydrogens is 320 g/mol. The summed E-state index contributed by atoms with van der Waals surface area (Å²) in [5.41, 5.74) is 1.20. The minimum absolute atomic E-state index is 0.0175. The van der Waals surface area contributed by atoms with E-state index in [2.05, 4.69) is 5.32 Å². The van der Waals surface area contributed by atoms with E-state index >= 15 is 0 Å². The second-order valence-electron chi connectivity index (χ2n) is 6.03. The molecule has 2 heterocycles. The van der Waals surface area contributed by atoms with Crippen LogP contribution in [0.5, 0.6) is 0 Å². The largest absolute Gasteiger partial charge is 0.339 e. The Morgan fingerprint density at radius 1 is 1.04 bits per heavy atom. The van der Waals surface area contributed by atoms with Crippen molar-refractivity contribution in [2.24, 2.45) is 0 Å². The highest BCUT2D eigenvalue weighted by Gasteiger charge is 2.21. The Balaban J connectivity index is 1.64. The van der Waals surface area contributed by atoms with E-state index in [4.69, 9.17) is 0 Å². The van der Waals surface area contributed by atoms with Gasteiger partial charge in [-0.05, 0) is 49.3 Å². The first-order valence-corrected chi connectivity index (χ1v) is 9.32. The predicted octanol–water partition coefficient (Wildman–Crippen LogP) is 3.95. The highest BCUT2D eigenvalue weighted by atomic mass is 32.1. The molecule has 1 aromatic carbocycles. The summed E-state index contributed by atoms with van der Waals surface area (Å²) < 4.78 is 0. The number of hydrogen-bond acceptors (Lipinski definition) is 3. The van der Waals surface area contributed by atoms with Gasteiger partial charge >= 0.3 is 0 Å². The molecule has 24 heavy (non-hydrogen) atoms. The van der Waals surface area contributed by atoms with Crippen molar-refractivity contribution in [1.29, 1.82) is 0 Å². The van der Waals surface area contributed by atoms with E-state index in [1.165, 1.54) is 11.3 Å². The standard InChI is InChI=1S/C19H22N2O2S/c22-18(11-10-15-7-6-14-24-15)20-17-9-3-2-8-16(17)19(23)21-12-4-1-5-13-21/h2-3,6-9,14H,1,4-5,10-13H2,(H,20,22). The van der Waals surface area contributed by atoms with Crippen LogP contribution in [0.3, 0.4) is 0 Å². The second kappa shape index (κ2) is 8.11. The van der Waals surface area contributed by atoms with E-state index in [9.17, 15) is 9.59 Å². The summed E-state index contributed by atoms with van der Waals surface area (Å²) in [4.78, 5) is 28.0. The lowest BCUT2D eigenvalue weighted by Gasteiger charge is -2.27. The van der Waals surface area contributed by atoms with Crippen molar-refractivity contribution >= 4 is 28.8 Å². The number of thiophene rings is 1. The zero-order chi connectivity index (χ0) is 16.8. The third kappa shape index (κ3) is 4.23. The van der Waals surface area contributed by atoms with Gasteiger partial charge in [-0.15, -0.1) is 11.3 Å². The fraction of sp³-hybridized carbons (Fsp3) is 0.368. The average Bonchev–Trinajstić information content (AvgIpc) is 3.14. The molecule has 0 saturated carbocycles. The number of para-hydroxylation sites is 1. The van der Waals surface area contributed by atoms with Crippen molar-refractivity contribution in [3.63, 3.8) is 0 Å². The number of carbonyl (C=O) groups excluding carboxylic acids is 2. The highest BCUT2D eigenvalue weighted by molar-refractivity contribution is 7.09. The van der Waals surface area contributed by atoms with Crippen molar-refractivity contribution in [2.75, 3.05) is 18.4 Å². The number of nitrogens with zero attached hydrogens (tertiary/aromatic N) is 1. The fourth-order valence-corrected chi connectivity index (χ4v) is 3.66. The molecule has 1 aliphatic heterocycles. The van der Waals surface area contributed by atoms with E-state index in [0.717, 1.165) is 32.4 Å². The van der Waals surface area contributed by atoms with Gasteiger partial charge in [0.1, 0.15) is 0 Å². The zero-order valence-electron chi connectivity index (χ0n) is 13.7. The van der Waals surface area contributed by atoms with E-state index < -0.39 is 0 Å². The number of rotatable bonds is 5. The van der Waals surface area contributed by atoms with Crippen LogP contribution in [0.2, 0.25) is 0 Å². The molecule has 1 aliphatic rings. The number of piperidine rings is 1. The zero-order valence-corrected chi connectivity index (χ0v) is 14.5. The number of carbonyl (C=O) groups is 2. The van der Waals surface area contributed by atoms with Crippen molar-refractivity contribution in [3.05, 3.63) is 52.2 Å². The van der Waals surface area contributed by atoms with Crippen LogP contribution in [0.1, 0.15) is 40.9 Å². The van der Waals surface area contributed by atoms with Gasteiger partial charge in [-0.3, -0.25) is 9.59 Å².